The Hall–Kier alpha value is -1.12. The first-order valence-electron chi connectivity index (χ1n) is 6.02. The molecule has 0 N–H and O–H groups in total. The van der Waals surface area contributed by atoms with Gasteiger partial charge in [0, 0.05) is 0 Å². The van der Waals surface area contributed by atoms with Gasteiger partial charge in [0.1, 0.15) is 0 Å². The van der Waals surface area contributed by atoms with Gasteiger partial charge in [-0.25, -0.2) is 0 Å². The summed E-state index contributed by atoms with van der Waals surface area (Å²) in [7, 11) is 0. The van der Waals surface area contributed by atoms with Gasteiger partial charge in [-0.2, -0.15) is 0 Å². The summed E-state index contributed by atoms with van der Waals surface area (Å²) in [5, 5.41) is 1.41. The predicted molar refractivity (Wildman–Crippen MR) is 87.1 cm³/mol. The zero-order valence-electron chi connectivity index (χ0n) is 10.8. The Balaban J connectivity index is 2.28. The third-order valence-electron chi connectivity index (χ3n) is 3.04. The summed E-state index contributed by atoms with van der Waals surface area (Å²) in [4.78, 5) is 0. The second kappa shape index (κ2) is 5.25. The van der Waals surface area contributed by atoms with Crippen LogP contribution in [0.1, 0.15) is 11.1 Å². The molecule has 0 fully saturated rings. The second-order valence-corrected chi connectivity index (χ2v) is 14.4. The minimum absolute atomic E-state index is 1.08. The molecule has 2 aromatic carbocycles. The number of benzene rings is 2. The first kappa shape index (κ1) is 13.3. The van der Waals surface area contributed by atoms with E-state index in [0.717, 1.165) is 5.57 Å². The minimum atomic E-state index is -1.39. The number of hydrogen-bond acceptors (Lipinski definition) is 0. The molecule has 2 aromatic rings. The zero-order valence-corrected chi connectivity index (χ0v) is 13.4. The minimum Gasteiger partial charge on any atom is -0.121 e. The van der Waals surface area contributed by atoms with Crippen LogP contribution in [0.15, 0.2) is 61.2 Å². The predicted octanol–water partition coefficient (Wildman–Crippen LogP) is 4.56. The Morgan fingerprint density at radius 1 is 0.889 bits per heavy atom. The van der Waals surface area contributed by atoms with Crippen molar-refractivity contribution in [3.05, 3.63) is 72.3 Å². The van der Waals surface area contributed by atoms with Gasteiger partial charge in [-0.15, -0.1) is 15.3 Å². The van der Waals surface area contributed by atoms with E-state index in [1.165, 1.54) is 16.3 Å². The largest absolute Gasteiger partial charge is 0.154 e. The van der Waals surface area contributed by atoms with Gasteiger partial charge in [-0.1, -0.05) is 74.3 Å². The Bertz CT molecular complexity index is 536. The molecular weight excluding hydrogens is 300 g/mol. The lowest BCUT2D eigenvalue weighted by Gasteiger charge is -2.15. The highest BCUT2D eigenvalue weighted by Gasteiger charge is 2.18. The molecule has 0 bridgehead atoms. The van der Waals surface area contributed by atoms with Gasteiger partial charge in [-0.3, -0.25) is 0 Å². The summed E-state index contributed by atoms with van der Waals surface area (Å²) < 4.78 is 0. The molecule has 0 aliphatic rings. The molecule has 0 saturated heterocycles. The van der Waals surface area contributed by atoms with Gasteiger partial charge in [0.25, 0.3) is 0 Å². The highest BCUT2D eigenvalue weighted by Crippen LogP contribution is 2.21. The highest BCUT2D eigenvalue weighted by molar-refractivity contribution is 9.26. The van der Waals surface area contributed by atoms with E-state index in [1.807, 2.05) is 18.2 Å². The van der Waals surface area contributed by atoms with Crippen molar-refractivity contribution in [2.24, 2.45) is 0 Å². The quantitative estimate of drug-likeness (QED) is 0.575. The molecule has 2 rings (SSSR count). The standard InChI is InChI=1S/C16H17BrSi/c1-13(14-7-5-4-6-8-14)15-9-11-16(12-10-15)18(2,3)17/h4-12H,1H2,2-3H3. The van der Waals surface area contributed by atoms with E-state index in [0.29, 0.717) is 0 Å². The lowest BCUT2D eigenvalue weighted by molar-refractivity contribution is 1.57. The molecule has 0 aliphatic heterocycles. The van der Waals surface area contributed by atoms with Crippen molar-refractivity contribution in [3.8, 4) is 0 Å². The average Bonchev–Trinajstić information content (AvgIpc) is 2.38. The fraction of sp³-hybridized carbons (Fsp3) is 0.125. The third kappa shape index (κ3) is 3.00. The maximum absolute atomic E-state index is 4.19. The highest BCUT2D eigenvalue weighted by atomic mass is 79.9. The van der Waals surface area contributed by atoms with E-state index in [4.69, 9.17) is 0 Å². The Morgan fingerprint density at radius 2 is 1.39 bits per heavy atom. The van der Waals surface area contributed by atoms with E-state index in [1.54, 1.807) is 0 Å². The fourth-order valence-corrected chi connectivity index (χ4v) is 3.63. The molecule has 2 heteroatoms. The van der Waals surface area contributed by atoms with Crippen molar-refractivity contribution in [1.29, 1.82) is 0 Å². The SMILES string of the molecule is C=C(c1ccccc1)c1ccc([Si](C)(C)Br)cc1. The summed E-state index contributed by atoms with van der Waals surface area (Å²) in [5.41, 5.74) is 3.45. The van der Waals surface area contributed by atoms with Gasteiger partial charge in [-0.05, 0) is 21.9 Å². The van der Waals surface area contributed by atoms with Gasteiger partial charge < -0.3 is 0 Å². The van der Waals surface area contributed by atoms with Crippen LogP contribution in [0, 0.1) is 0 Å². The van der Waals surface area contributed by atoms with Crippen LogP contribution in [-0.2, 0) is 0 Å². The van der Waals surface area contributed by atoms with Crippen molar-refractivity contribution in [3.63, 3.8) is 0 Å². The average molecular weight is 317 g/mol. The van der Waals surface area contributed by atoms with Crippen LogP contribution in [0.25, 0.3) is 5.57 Å². The van der Waals surface area contributed by atoms with E-state index in [9.17, 15) is 0 Å². The maximum atomic E-state index is 4.19. The summed E-state index contributed by atoms with van der Waals surface area (Å²) in [6.07, 6.45) is 0. The van der Waals surface area contributed by atoms with Crippen LogP contribution in [-0.4, -0.2) is 6.69 Å². The molecule has 0 atom stereocenters. The molecule has 0 heterocycles. The van der Waals surface area contributed by atoms with Crippen LogP contribution in [0.2, 0.25) is 13.1 Å². The third-order valence-corrected chi connectivity index (χ3v) is 6.12. The van der Waals surface area contributed by atoms with Crippen molar-refractivity contribution in [2.45, 2.75) is 13.1 Å². The Kier molecular flexibility index (Phi) is 3.88. The summed E-state index contributed by atoms with van der Waals surface area (Å²) in [6.45, 7) is 7.37. The summed E-state index contributed by atoms with van der Waals surface area (Å²) >= 11 is 3.81. The topological polar surface area (TPSA) is 0 Å². The molecule has 0 unspecified atom stereocenters. The van der Waals surface area contributed by atoms with E-state index in [-0.39, 0.29) is 0 Å². The summed E-state index contributed by atoms with van der Waals surface area (Å²) in [5.74, 6) is 0. The van der Waals surface area contributed by atoms with Crippen LogP contribution in [0.4, 0.5) is 0 Å². The number of rotatable bonds is 3. The lowest BCUT2D eigenvalue weighted by Crippen LogP contribution is -2.34. The fourth-order valence-electron chi connectivity index (χ4n) is 1.87. The van der Waals surface area contributed by atoms with Crippen LogP contribution < -0.4 is 5.19 Å². The van der Waals surface area contributed by atoms with Gasteiger partial charge >= 0.3 is 0 Å². The monoisotopic (exact) mass is 316 g/mol. The molecule has 0 aliphatic carbocycles. The maximum Gasteiger partial charge on any atom is 0.154 e. The Morgan fingerprint density at radius 3 is 1.89 bits per heavy atom. The van der Waals surface area contributed by atoms with E-state index < -0.39 is 6.69 Å². The molecule has 0 aromatic heterocycles. The van der Waals surface area contributed by atoms with Gasteiger partial charge in [0.15, 0.2) is 6.69 Å². The first-order valence-corrected chi connectivity index (χ1v) is 11.3. The lowest BCUT2D eigenvalue weighted by atomic mass is 10.00. The second-order valence-electron chi connectivity index (χ2n) is 4.89. The molecule has 92 valence electrons. The molecule has 0 nitrogen and oxygen atoms in total. The van der Waals surface area contributed by atoms with Crippen LogP contribution >= 0.6 is 15.3 Å². The van der Waals surface area contributed by atoms with Crippen LogP contribution in [0.3, 0.4) is 0 Å². The van der Waals surface area contributed by atoms with Crippen molar-refractivity contribution < 1.29 is 0 Å². The Labute approximate surface area is 118 Å². The molecule has 0 saturated carbocycles. The van der Waals surface area contributed by atoms with Gasteiger partial charge in [0.2, 0.25) is 0 Å². The molecule has 0 radical (unpaired) electrons. The summed E-state index contributed by atoms with van der Waals surface area (Å²) in [6, 6.07) is 19.1. The van der Waals surface area contributed by atoms with Crippen molar-refractivity contribution in [1.82, 2.24) is 0 Å². The van der Waals surface area contributed by atoms with Crippen LogP contribution in [0.5, 0.6) is 0 Å². The van der Waals surface area contributed by atoms with Crippen molar-refractivity contribution >= 4 is 32.7 Å². The van der Waals surface area contributed by atoms with Gasteiger partial charge in [0.05, 0.1) is 0 Å². The molecule has 18 heavy (non-hydrogen) atoms. The first-order chi connectivity index (χ1) is 8.48. The smallest absolute Gasteiger partial charge is 0.121 e. The number of hydrogen-bond donors (Lipinski definition) is 0. The van der Waals surface area contributed by atoms with E-state index >= 15 is 0 Å². The normalized spacial score (nSPS) is 11.3. The molecule has 0 amide bonds. The molecule has 0 spiro atoms. The van der Waals surface area contributed by atoms with Crippen molar-refractivity contribution in [2.75, 3.05) is 0 Å². The van der Waals surface area contributed by atoms with E-state index in [2.05, 4.69) is 71.4 Å². The zero-order chi connectivity index (χ0) is 13.2. The molecular formula is C16H17BrSi. The number of halogens is 1.